The van der Waals surface area contributed by atoms with Crippen LogP contribution < -0.4 is 14.9 Å². The number of ether oxygens (including phenoxy) is 2. The maximum absolute atomic E-state index is 13.0. The summed E-state index contributed by atoms with van der Waals surface area (Å²) in [5.41, 5.74) is 4.02. The monoisotopic (exact) mass is 454 g/mol. The zero-order valence-corrected chi connectivity index (χ0v) is 17.8. The summed E-state index contributed by atoms with van der Waals surface area (Å²) in [6.45, 7) is -0.0741. The van der Waals surface area contributed by atoms with Gasteiger partial charge in [-0.15, -0.1) is 0 Å². The van der Waals surface area contributed by atoms with E-state index in [-0.39, 0.29) is 18.1 Å². The molecule has 1 atom stereocenters. The minimum absolute atomic E-state index is 0.0157. The van der Waals surface area contributed by atoms with Gasteiger partial charge < -0.3 is 9.47 Å². The fourth-order valence-corrected chi connectivity index (χ4v) is 4.63. The van der Waals surface area contributed by atoms with E-state index in [1.54, 1.807) is 6.07 Å². The summed E-state index contributed by atoms with van der Waals surface area (Å²) >= 11 is 0. The van der Waals surface area contributed by atoms with Crippen LogP contribution in [-0.2, 0) is 32.6 Å². The Balaban J connectivity index is 1.48. The SMILES string of the molecule is O=C(NO)C(COCc1ccccc1)NS(=O)(=O)c1ccc2c(c1)Cc1ccccc1O2. The summed E-state index contributed by atoms with van der Waals surface area (Å²) in [6.07, 6.45) is 0.523. The molecule has 0 saturated heterocycles. The fraction of sp³-hybridized carbons (Fsp3) is 0.174. The van der Waals surface area contributed by atoms with Gasteiger partial charge in [-0.1, -0.05) is 48.5 Å². The molecule has 0 aliphatic carbocycles. The minimum Gasteiger partial charge on any atom is -0.457 e. The highest BCUT2D eigenvalue weighted by Crippen LogP contribution is 2.37. The summed E-state index contributed by atoms with van der Waals surface area (Å²) < 4.78 is 39.6. The van der Waals surface area contributed by atoms with E-state index in [0.29, 0.717) is 12.2 Å². The Morgan fingerprint density at radius 1 is 1.00 bits per heavy atom. The van der Waals surface area contributed by atoms with Gasteiger partial charge in [-0.3, -0.25) is 10.0 Å². The van der Waals surface area contributed by atoms with Crippen molar-refractivity contribution < 1.29 is 27.9 Å². The predicted molar refractivity (Wildman–Crippen MR) is 116 cm³/mol. The van der Waals surface area contributed by atoms with Crippen molar-refractivity contribution in [3.05, 3.63) is 89.5 Å². The second kappa shape index (κ2) is 9.49. The molecule has 9 heteroatoms. The van der Waals surface area contributed by atoms with E-state index >= 15 is 0 Å². The number of fused-ring (bicyclic) bond motifs is 2. The number of sulfonamides is 1. The fourth-order valence-electron chi connectivity index (χ4n) is 3.40. The van der Waals surface area contributed by atoms with Crippen molar-refractivity contribution in [3.63, 3.8) is 0 Å². The van der Waals surface area contributed by atoms with Gasteiger partial charge in [-0.05, 0) is 35.4 Å². The zero-order valence-electron chi connectivity index (χ0n) is 17.0. The first-order chi connectivity index (χ1) is 15.5. The Hall–Kier alpha value is -3.24. The van der Waals surface area contributed by atoms with Gasteiger partial charge in [0.1, 0.15) is 17.5 Å². The lowest BCUT2D eigenvalue weighted by Gasteiger charge is -2.21. The Labute approximate surface area is 185 Å². The molecule has 166 valence electrons. The van der Waals surface area contributed by atoms with Crippen LogP contribution in [0.2, 0.25) is 0 Å². The van der Waals surface area contributed by atoms with Gasteiger partial charge in [0.15, 0.2) is 0 Å². The zero-order chi connectivity index (χ0) is 22.6. The molecule has 1 aliphatic rings. The summed E-state index contributed by atoms with van der Waals surface area (Å²) in [7, 11) is -4.08. The topological polar surface area (TPSA) is 114 Å². The van der Waals surface area contributed by atoms with E-state index in [4.69, 9.17) is 14.7 Å². The van der Waals surface area contributed by atoms with Gasteiger partial charge in [0.2, 0.25) is 10.0 Å². The van der Waals surface area contributed by atoms with Gasteiger partial charge in [0.25, 0.3) is 5.91 Å². The average Bonchev–Trinajstić information content (AvgIpc) is 2.81. The number of carbonyl (C=O) groups is 1. The Kier molecular flexibility index (Phi) is 6.52. The molecular formula is C23H22N2O6S. The Morgan fingerprint density at radius 2 is 1.72 bits per heavy atom. The highest BCUT2D eigenvalue weighted by molar-refractivity contribution is 7.89. The molecule has 0 fully saturated rings. The average molecular weight is 455 g/mol. The van der Waals surface area contributed by atoms with Gasteiger partial charge in [0, 0.05) is 12.0 Å². The molecule has 3 aromatic rings. The lowest BCUT2D eigenvalue weighted by Crippen LogP contribution is -2.48. The summed E-state index contributed by atoms with van der Waals surface area (Å²) in [5.74, 6) is 0.402. The van der Waals surface area contributed by atoms with Crippen LogP contribution in [0, 0.1) is 0 Å². The lowest BCUT2D eigenvalue weighted by molar-refractivity contribution is -0.132. The molecule has 1 unspecified atom stereocenters. The molecule has 1 aliphatic heterocycles. The van der Waals surface area contributed by atoms with Gasteiger partial charge in [0.05, 0.1) is 18.1 Å². The normalized spacial score (nSPS) is 13.4. The number of amides is 1. The van der Waals surface area contributed by atoms with Crippen molar-refractivity contribution in [2.75, 3.05) is 6.61 Å². The van der Waals surface area contributed by atoms with Crippen molar-refractivity contribution in [2.45, 2.75) is 24.0 Å². The number of hydroxylamine groups is 1. The molecule has 8 nitrogen and oxygen atoms in total. The van der Waals surface area contributed by atoms with E-state index in [2.05, 4.69) is 4.72 Å². The van der Waals surface area contributed by atoms with Crippen LogP contribution >= 0.6 is 0 Å². The van der Waals surface area contributed by atoms with E-state index < -0.39 is 22.0 Å². The van der Waals surface area contributed by atoms with Crippen molar-refractivity contribution in [1.82, 2.24) is 10.2 Å². The van der Waals surface area contributed by atoms with Crippen molar-refractivity contribution in [2.24, 2.45) is 0 Å². The number of carbonyl (C=O) groups excluding carboxylic acids is 1. The first-order valence-corrected chi connectivity index (χ1v) is 11.4. The Morgan fingerprint density at radius 3 is 2.50 bits per heavy atom. The number of hydrogen-bond donors (Lipinski definition) is 3. The van der Waals surface area contributed by atoms with Gasteiger partial charge in [-0.25, -0.2) is 13.9 Å². The summed E-state index contributed by atoms with van der Waals surface area (Å²) in [4.78, 5) is 12.0. The third kappa shape index (κ3) is 4.97. The molecule has 32 heavy (non-hydrogen) atoms. The van der Waals surface area contributed by atoms with Crippen LogP contribution in [0.15, 0.2) is 77.7 Å². The first-order valence-electron chi connectivity index (χ1n) is 9.93. The van der Waals surface area contributed by atoms with Crippen LogP contribution in [0.1, 0.15) is 16.7 Å². The molecule has 4 rings (SSSR count). The summed E-state index contributed by atoms with van der Waals surface area (Å²) in [5, 5.41) is 9.03. The molecule has 1 amide bonds. The van der Waals surface area contributed by atoms with Crippen molar-refractivity contribution in [3.8, 4) is 11.5 Å². The van der Waals surface area contributed by atoms with Crippen molar-refractivity contribution in [1.29, 1.82) is 0 Å². The highest BCUT2D eigenvalue weighted by atomic mass is 32.2. The molecule has 0 aromatic heterocycles. The number of hydrogen-bond acceptors (Lipinski definition) is 6. The van der Waals surface area contributed by atoms with Crippen LogP contribution in [0.5, 0.6) is 11.5 Å². The van der Waals surface area contributed by atoms with Gasteiger partial charge >= 0.3 is 0 Å². The minimum atomic E-state index is -4.08. The highest BCUT2D eigenvalue weighted by Gasteiger charge is 2.27. The number of para-hydroxylation sites is 1. The summed E-state index contributed by atoms with van der Waals surface area (Å²) in [6, 6.07) is 20.0. The third-order valence-corrected chi connectivity index (χ3v) is 6.51. The molecule has 3 N–H and O–H groups in total. The Bertz CT molecular complexity index is 1210. The van der Waals surface area contributed by atoms with Crippen LogP contribution in [0.4, 0.5) is 0 Å². The molecule has 0 radical (unpaired) electrons. The maximum atomic E-state index is 13.0. The van der Waals surface area contributed by atoms with Crippen LogP contribution in [0.25, 0.3) is 0 Å². The van der Waals surface area contributed by atoms with E-state index in [9.17, 15) is 13.2 Å². The second-order valence-electron chi connectivity index (χ2n) is 7.31. The third-order valence-electron chi connectivity index (χ3n) is 5.04. The molecule has 0 spiro atoms. The second-order valence-corrected chi connectivity index (χ2v) is 9.02. The quantitative estimate of drug-likeness (QED) is 0.279. The maximum Gasteiger partial charge on any atom is 0.263 e. The largest absolute Gasteiger partial charge is 0.457 e. The number of benzene rings is 3. The van der Waals surface area contributed by atoms with E-state index in [0.717, 1.165) is 22.4 Å². The molecule has 0 bridgehead atoms. The van der Waals surface area contributed by atoms with Crippen molar-refractivity contribution >= 4 is 15.9 Å². The molecule has 0 saturated carbocycles. The molecule has 1 heterocycles. The number of nitrogens with one attached hydrogen (secondary N) is 2. The van der Waals surface area contributed by atoms with Crippen LogP contribution in [0.3, 0.4) is 0 Å². The molecular weight excluding hydrogens is 432 g/mol. The lowest BCUT2D eigenvalue weighted by atomic mass is 10.0. The van der Waals surface area contributed by atoms with E-state index in [1.807, 2.05) is 54.6 Å². The smallest absolute Gasteiger partial charge is 0.263 e. The van der Waals surface area contributed by atoms with E-state index in [1.165, 1.54) is 17.6 Å². The first kappa shape index (κ1) is 22.0. The standard InChI is InChI=1S/C23H22N2O6S/c26-23(24-27)20(15-30-14-16-6-2-1-3-7-16)25-32(28,29)19-10-11-22-18(13-19)12-17-8-4-5-9-21(17)31-22/h1-11,13,20,25,27H,12,14-15H2,(H,24,26). The molecule has 3 aromatic carbocycles. The predicted octanol–water partition coefficient (Wildman–Crippen LogP) is 2.75. The van der Waals surface area contributed by atoms with Gasteiger partial charge in [-0.2, -0.15) is 4.72 Å². The van der Waals surface area contributed by atoms with Crippen LogP contribution in [-0.4, -0.2) is 32.2 Å². The number of rotatable bonds is 8.